The van der Waals surface area contributed by atoms with Gasteiger partial charge < -0.3 is 9.47 Å². The zero-order chi connectivity index (χ0) is 21.0. The largest absolute Gasteiger partial charge is 0.493 e. The number of anilines is 1. The molecule has 0 fully saturated rings. The summed E-state index contributed by atoms with van der Waals surface area (Å²) >= 11 is 0. The minimum atomic E-state index is -4.12. The lowest BCUT2D eigenvalue weighted by atomic mass is 10.2. The van der Waals surface area contributed by atoms with Gasteiger partial charge in [-0.1, -0.05) is 12.1 Å². The number of hydrogen-bond acceptors (Lipinski definition) is 4. The van der Waals surface area contributed by atoms with Gasteiger partial charge in [0.05, 0.1) is 31.3 Å². The molecule has 29 heavy (non-hydrogen) atoms. The van der Waals surface area contributed by atoms with Crippen LogP contribution < -0.4 is 13.8 Å². The van der Waals surface area contributed by atoms with Crippen LogP contribution in [0.5, 0.6) is 11.5 Å². The van der Waals surface area contributed by atoms with Crippen molar-refractivity contribution < 1.29 is 26.7 Å². The van der Waals surface area contributed by atoms with Gasteiger partial charge in [-0.25, -0.2) is 17.2 Å². The molecule has 0 aromatic heterocycles. The molecule has 3 aromatic rings. The first-order valence-corrected chi connectivity index (χ1v) is 10.0. The van der Waals surface area contributed by atoms with E-state index in [9.17, 15) is 17.2 Å². The van der Waals surface area contributed by atoms with Crippen LogP contribution in [0, 0.1) is 11.6 Å². The SMILES string of the molecule is COc1ccc(CN(c2ccc(F)cc2)S(=O)(=O)c2cccc(F)c2)cc1OC. The minimum Gasteiger partial charge on any atom is -0.493 e. The molecule has 0 aliphatic carbocycles. The van der Waals surface area contributed by atoms with Gasteiger partial charge in [-0.3, -0.25) is 4.31 Å². The van der Waals surface area contributed by atoms with E-state index in [2.05, 4.69) is 0 Å². The number of rotatable bonds is 7. The summed E-state index contributed by atoms with van der Waals surface area (Å²) in [5, 5.41) is 0. The Bertz CT molecular complexity index is 1100. The molecule has 0 saturated carbocycles. The van der Waals surface area contributed by atoms with Crippen molar-refractivity contribution in [3.8, 4) is 11.5 Å². The fraction of sp³-hybridized carbons (Fsp3) is 0.143. The maximum atomic E-state index is 13.7. The first-order chi connectivity index (χ1) is 13.8. The fourth-order valence-corrected chi connectivity index (χ4v) is 4.31. The second kappa shape index (κ2) is 8.48. The van der Waals surface area contributed by atoms with E-state index in [0.29, 0.717) is 17.1 Å². The molecule has 152 valence electrons. The van der Waals surface area contributed by atoms with Gasteiger partial charge in [-0.05, 0) is 60.2 Å². The molecule has 5 nitrogen and oxygen atoms in total. The van der Waals surface area contributed by atoms with Crippen LogP contribution >= 0.6 is 0 Å². The van der Waals surface area contributed by atoms with Crippen molar-refractivity contribution in [2.24, 2.45) is 0 Å². The van der Waals surface area contributed by atoms with Crippen molar-refractivity contribution in [2.75, 3.05) is 18.5 Å². The van der Waals surface area contributed by atoms with E-state index in [1.54, 1.807) is 18.2 Å². The smallest absolute Gasteiger partial charge is 0.264 e. The molecule has 0 N–H and O–H groups in total. The highest BCUT2D eigenvalue weighted by atomic mass is 32.2. The molecule has 0 aliphatic rings. The molecule has 8 heteroatoms. The first-order valence-electron chi connectivity index (χ1n) is 8.60. The van der Waals surface area contributed by atoms with E-state index in [-0.39, 0.29) is 17.1 Å². The van der Waals surface area contributed by atoms with Gasteiger partial charge in [-0.2, -0.15) is 0 Å². The van der Waals surface area contributed by atoms with Gasteiger partial charge in [0, 0.05) is 0 Å². The van der Waals surface area contributed by atoms with E-state index in [0.717, 1.165) is 28.6 Å². The van der Waals surface area contributed by atoms with Crippen molar-refractivity contribution in [1.29, 1.82) is 0 Å². The molecule has 3 rings (SSSR count). The Kier molecular flexibility index (Phi) is 6.03. The molecule has 0 amide bonds. The fourth-order valence-electron chi connectivity index (χ4n) is 2.82. The highest BCUT2D eigenvalue weighted by Crippen LogP contribution is 2.31. The van der Waals surface area contributed by atoms with Crippen molar-refractivity contribution in [3.63, 3.8) is 0 Å². The molecule has 0 bridgehead atoms. The van der Waals surface area contributed by atoms with Crippen LogP contribution in [0.15, 0.2) is 71.6 Å². The van der Waals surface area contributed by atoms with Gasteiger partial charge in [0.1, 0.15) is 11.6 Å². The number of nitrogens with zero attached hydrogens (tertiary/aromatic N) is 1. The third-order valence-electron chi connectivity index (χ3n) is 4.27. The summed E-state index contributed by atoms with van der Waals surface area (Å²) in [4.78, 5) is -0.206. The molecule has 0 aliphatic heterocycles. The van der Waals surface area contributed by atoms with Gasteiger partial charge in [-0.15, -0.1) is 0 Å². The molecule has 0 heterocycles. The summed E-state index contributed by atoms with van der Waals surface area (Å²) in [6, 6.07) is 14.8. The zero-order valence-electron chi connectivity index (χ0n) is 15.8. The van der Waals surface area contributed by atoms with E-state index in [1.165, 1.54) is 38.5 Å². The van der Waals surface area contributed by atoms with Gasteiger partial charge in [0.15, 0.2) is 11.5 Å². The van der Waals surface area contributed by atoms with Crippen LogP contribution in [0.3, 0.4) is 0 Å². The maximum Gasteiger partial charge on any atom is 0.264 e. The Morgan fingerprint density at radius 1 is 0.828 bits per heavy atom. The lowest BCUT2D eigenvalue weighted by Gasteiger charge is -2.25. The number of ether oxygens (including phenoxy) is 2. The molecule has 0 spiro atoms. The highest BCUT2D eigenvalue weighted by molar-refractivity contribution is 7.92. The number of benzene rings is 3. The summed E-state index contributed by atoms with van der Waals surface area (Å²) in [6.45, 7) is -0.0785. The quantitative estimate of drug-likeness (QED) is 0.570. The van der Waals surface area contributed by atoms with E-state index in [1.807, 2.05) is 0 Å². The van der Waals surface area contributed by atoms with E-state index in [4.69, 9.17) is 9.47 Å². The Balaban J connectivity index is 2.08. The van der Waals surface area contributed by atoms with Crippen LogP contribution in [0.1, 0.15) is 5.56 Å². The van der Waals surface area contributed by atoms with Crippen molar-refractivity contribution >= 4 is 15.7 Å². The number of sulfonamides is 1. The average Bonchev–Trinajstić information content (AvgIpc) is 2.72. The monoisotopic (exact) mass is 419 g/mol. The number of halogens is 2. The number of methoxy groups -OCH3 is 2. The molecule has 0 unspecified atom stereocenters. The predicted octanol–water partition coefficient (Wildman–Crippen LogP) is 4.38. The second-order valence-corrected chi connectivity index (χ2v) is 8.00. The minimum absolute atomic E-state index is 0.0785. The van der Waals surface area contributed by atoms with Crippen molar-refractivity contribution in [1.82, 2.24) is 0 Å². The van der Waals surface area contributed by atoms with Gasteiger partial charge in [0.2, 0.25) is 0 Å². The molecule has 3 aromatic carbocycles. The van der Waals surface area contributed by atoms with Gasteiger partial charge >= 0.3 is 0 Å². The Morgan fingerprint density at radius 3 is 2.14 bits per heavy atom. The Morgan fingerprint density at radius 2 is 1.52 bits per heavy atom. The Labute approximate surface area is 168 Å². The molecule has 0 saturated heterocycles. The van der Waals surface area contributed by atoms with E-state index >= 15 is 0 Å². The van der Waals surface area contributed by atoms with Crippen molar-refractivity contribution in [3.05, 3.63) is 83.9 Å². The van der Waals surface area contributed by atoms with Crippen molar-refractivity contribution in [2.45, 2.75) is 11.4 Å². The maximum absolute atomic E-state index is 13.7. The topological polar surface area (TPSA) is 55.8 Å². The first kappa shape index (κ1) is 20.6. The van der Waals surface area contributed by atoms with Crippen LogP contribution in [0.2, 0.25) is 0 Å². The van der Waals surface area contributed by atoms with E-state index < -0.39 is 21.7 Å². The summed E-state index contributed by atoms with van der Waals surface area (Å²) in [7, 11) is -1.15. The van der Waals surface area contributed by atoms with Crippen LogP contribution in [-0.2, 0) is 16.6 Å². The standard InChI is InChI=1S/C21H19F2NO4S/c1-27-20-11-6-15(12-21(20)28-2)14-24(18-9-7-16(22)8-10-18)29(25,26)19-5-3-4-17(23)13-19/h3-13H,14H2,1-2H3. The lowest BCUT2D eigenvalue weighted by molar-refractivity contribution is 0.354. The molecule has 0 atom stereocenters. The van der Waals surface area contributed by atoms with Crippen LogP contribution in [0.4, 0.5) is 14.5 Å². The summed E-state index contributed by atoms with van der Waals surface area (Å²) < 4.78 is 65.1. The average molecular weight is 419 g/mol. The Hall–Kier alpha value is -3.13. The molecular formula is C21H19F2NO4S. The predicted molar refractivity (Wildman–Crippen MR) is 106 cm³/mol. The second-order valence-electron chi connectivity index (χ2n) is 6.13. The summed E-state index contributed by atoms with van der Waals surface area (Å²) in [5.41, 5.74) is 0.845. The highest BCUT2D eigenvalue weighted by Gasteiger charge is 2.26. The molecule has 0 radical (unpaired) electrons. The summed E-state index contributed by atoms with van der Waals surface area (Å²) in [6.07, 6.45) is 0. The normalized spacial score (nSPS) is 11.2. The lowest BCUT2D eigenvalue weighted by Crippen LogP contribution is -2.30. The molecular weight excluding hydrogens is 400 g/mol. The zero-order valence-corrected chi connectivity index (χ0v) is 16.6. The third-order valence-corrected chi connectivity index (χ3v) is 6.04. The summed E-state index contributed by atoms with van der Waals surface area (Å²) in [5.74, 6) is -0.232. The number of hydrogen-bond donors (Lipinski definition) is 0. The van der Waals surface area contributed by atoms with Crippen LogP contribution in [-0.4, -0.2) is 22.6 Å². The van der Waals surface area contributed by atoms with Crippen LogP contribution in [0.25, 0.3) is 0 Å². The van der Waals surface area contributed by atoms with Gasteiger partial charge in [0.25, 0.3) is 10.0 Å². The third kappa shape index (κ3) is 4.48.